The molecule has 2 aromatic carbocycles. The second-order valence-corrected chi connectivity index (χ2v) is 8.00. The van der Waals surface area contributed by atoms with Crippen molar-refractivity contribution in [2.24, 2.45) is 0 Å². The van der Waals surface area contributed by atoms with E-state index < -0.39 is 0 Å². The highest BCUT2D eigenvalue weighted by Crippen LogP contribution is 2.27. The quantitative estimate of drug-likeness (QED) is 0.357. The van der Waals surface area contributed by atoms with Crippen molar-refractivity contribution >= 4 is 34.9 Å². The lowest BCUT2D eigenvalue weighted by molar-refractivity contribution is -0.119. The first-order chi connectivity index (χ1) is 14.7. The summed E-state index contributed by atoms with van der Waals surface area (Å²) in [6, 6.07) is 22.9. The molecular formula is C21H17N5O2S2. The number of thiophene rings is 1. The second-order valence-electron chi connectivity index (χ2n) is 6.11. The number of rotatable bonds is 6. The molecule has 0 atom stereocenters. The molecule has 7 nitrogen and oxygen atoms in total. The molecule has 2 N–H and O–H groups in total. The van der Waals surface area contributed by atoms with Crippen LogP contribution in [0.5, 0.6) is 0 Å². The Hall–Kier alpha value is -3.43. The van der Waals surface area contributed by atoms with E-state index in [0.29, 0.717) is 15.9 Å². The molecule has 0 spiro atoms. The van der Waals surface area contributed by atoms with Gasteiger partial charge in [0.1, 0.15) is 0 Å². The number of hydrazine groups is 1. The zero-order valence-electron chi connectivity index (χ0n) is 15.7. The van der Waals surface area contributed by atoms with Gasteiger partial charge in [-0.3, -0.25) is 25.0 Å². The van der Waals surface area contributed by atoms with Gasteiger partial charge in [0.2, 0.25) is 5.91 Å². The summed E-state index contributed by atoms with van der Waals surface area (Å²) in [5, 5.41) is 11.0. The van der Waals surface area contributed by atoms with Gasteiger partial charge in [-0.1, -0.05) is 66.4 Å². The van der Waals surface area contributed by atoms with Crippen LogP contribution in [0.1, 0.15) is 9.67 Å². The third-order valence-electron chi connectivity index (χ3n) is 4.07. The van der Waals surface area contributed by atoms with Gasteiger partial charge in [0.05, 0.1) is 10.6 Å². The van der Waals surface area contributed by atoms with Crippen molar-refractivity contribution in [2.75, 3.05) is 5.75 Å². The number of benzene rings is 2. The predicted molar refractivity (Wildman–Crippen MR) is 117 cm³/mol. The lowest BCUT2D eigenvalue weighted by atomic mass is 10.2. The molecule has 0 aliphatic heterocycles. The molecule has 2 amide bonds. The Bertz CT molecular complexity index is 1130. The molecule has 30 heavy (non-hydrogen) atoms. The highest BCUT2D eigenvalue weighted by Gasteiger charge is 2.17. The SMILES string of the molecule is O=C(CSc1nnc(-c2ccccc2)n1-c1ccccc1)NNC(=O)c1cccs1. The minimum absolute atomic E-state index is 0.0739. The van der Waals surface area contributed by atoms with Gasteiger partial charge in [-0.15, -0.1) is 21.5 Å². The predicted octanol–water partition coefficient (Wildman–Crippen LogP) is 3.55. The Morgan fingerprint density at radius 2 is 1.63 bits per heavy atom. The standard InChI is InChI=1S/C21H17N5O2S2/c27-18(22-24-20(28)17-12-7-13-29-17)14-30-21-25-23-19(15-8-3-1-4-9-15)26(21)16-10-5-2-6-11-16/h1-13H,14H2,(H,22,27)(H,24,28). The van der Waals surface area contributed by atoms with Crippen LogP contribution in [0.15, 0.2) is 83.3 Å². The van der Waals surface area contributed by atoms with Crippen LogP contribution in [0.2, 0.25) is 0 Å². The molecule has 0 radical (unpaired) electrons. The van der Waals surface area contributed by atoms with Crippen molar-refractivity contribution in [3.63, 3.8) is 0 Å². The molecule has 4 rings (SSSR count). The maximum atomic E-state index is 12.2. The van der Waals surface area contributed by atoms with Crippen LogP contribution in [0.4, 0.5) is 0 Å². The van der Waals surface area contributed by atoms with E-state index in [4.69, 9.17) is 0 Å². The summed E-state index contributed by atoms with van der Waals surface area (Å²) in [5.74, 6) is 0.0800. The third-order valence-corrected chi connectivity index (χ3v) is 5.87. The lowest BCUT2D eigenvalue weighted by Crippen LogP contribution is -2.42. The van der Waals surface area contributed by atoms with E-state index in [1.54, 1.807) is 17.5 Å². The van der Waals surface area contributed by atoms with E-state index >= 15 is 0 Å². The summed E-state index contributed by atoms with van der Waals surface area (Å²) < 4.78 is 1.91. The van der Waals surface area contributed by atoms with Gasteiger partial charge in [0.25, 0.3) is 5.91 Å². The summed E-state index contributed by atoms with van der Waals surface area (Å²) in [5.41, 5.74) is 6.67. The Labute approximate surface area is 181 Å². The average molecular weight is 436 g/mol. The number of thioether (sulfide) groups is 1. The van der Waals surface area contributed by atoms with E-state index in [1.807, 2.05) is 65.2 Å². The largest absolute Gasteiger partial charge is 0.279 e. The summed E-state index contributed by atoms with van der Waals surface area (Å²) in [6.45, 7) is 0. The van der Waals surface area contributed by atoms with Crippen molar-refractivity contribution in [3.8, 4) is 17.1 Å². The van der Waals surface area contributed by atoms with E-state index in [0.717, 1.165) is 11.3 Å². The van der Waals surface area contributed by atoms with Gasteiger partial charge in [-0.05, 0) is 23.6 Å². The fraction of sp³-hybridized carbons (Fsp3) is 0.0476. The number of amides is 2. The summed E-state index contributed by atoms with van der Waals surface area (Å²) in [7, 11) is 0. The summed E-state index contributed by atoms with van der Waals surface area (Å²) in [4.78, 5) is 24.7. The molecule has 150 valence electrons. The van der Waals surface area contributed by atoms with Crippen LogP contribution in [0.3, 0.4) is 0 Å². The lowest BCUT2D eigenvalue weighted by Gasteiger charge is -2.10. The molecule has 2 aromatic heterocycles. The molecule has 0 aliphatic carbocycles. The smallest absolute Gasteiger partial charge is 0.272 e. The maximum absolute atomic E-state index is 12.2. The monoisotopic (exact) mass is 435 g/mol. The van der Waals surface area contributed by atoms with Crippen LogP contribution in [-0.2, 0) is 4.79 Å². The van der Waals surface area contributed by atoms with Crippen molar-refractivity contribution in [1.82, 2.24) is 25.6 Å². The van der Waals surface area contributed by atoms with Crippen LogP contribution in [0.25, 0.3) is 17.1 Å². The number of hydrogen-bond donors (Lipinski definition) is 2. The van der Waals surface area contributed by atoms with Gasteiger partial charge in [0, 0.05) is 11.3 Å². The van der Waals surface area contributed by atoms with Crippen LogP contribution >= 0.6 is 23.1 Å². The molecule has 0 fully saturated rings. The molecule has 0 bridgehead atoms. The molecule has 9 heteroatoms. The van der Waals surface area contributed by atoms with Crippen molar-refractivity contribution < 1.29 is 9.59 Å². The van der Waals surface area contributed by atoms with Crippen molar-refractivity contribution in [3.05, 3.63) is 83.1 Å². The minimum atomic E-state index is -0.345. The number of nitrogens with zero attached hydrogens (tertiary/aromatic N) is 3. The van der Waals surface area contributed by atoms with E-state index in [9.17, 15) is 9.59 Å². The van der Waals surface area contributed by atoms with Crippen molar-refractivity contribution in [1.29, 1.82) is 0 Å². The first-order valence-corrected chi connectivity index (χ1v) is 10.9. The fourth-order valence-electron chi connectivity index (χ4n) is 2.71. The van der Waals surface area contributed by atoms with E-state index in [1.165, 1.54) is 23.1 Å². The Kier molecular flexibility index (Phi) is 6.21. The maximum Gasteiger partial charge on any atom is 0.279 e. The number of carbonyl (C=O) groups is 2. The normalized spacial score (nSPS) is 10.5. The molecule has 0 saturated heterocycles. The van der Waals surface area contributed by atoms with Gasteiger partial charge >= 0.3 is 0 Å². The first kappa shape index (κ1) is 19.9. The Morgan fingerprint density at radius 3 is 2.33 bits per heavy atom. The molecule has 0 aliphatic rings. The Morgan fingerprint density at radius 1 is 0.900 bits per heavy atom. The highest BCUT2D eigenvalue weighted by atomic mass is 32.2. The van der Waals surface area contributed by atoms with Crippen LogP contribution in [-0.4, -0.2) is 32.3 Å². The number of carbonyl (C=O) groups excluding carboxylic acids is 2. The molecule has 0 unspecified atom stereocenters. The number of nitrogens with one attached hydrogen (secondary N) is 2. The molecular weight excluding hydrogens is 418 g/mol. The molecule has 0 saturated carbocycles. The molecule has 4 aromatic rings. The zero-order chi connectivity index (χ0) is 20.8. The minimum Gasteiger partial charge on any atom is -0.272 e. The van der Waals surface area contributed by atoms with Gasteiger partial charge in [-0.25, -0.2) is 0 Å². The average Bonchev–Trinajstić information content (AvgIpc) is 3.47. The van der Waals surface area contributed by atoms with Gasteiger partial charge in [0.15, 0.2) is 11.0 Å². The van der Waals surface area contributed by atoms with Gasteiger partial charge in [-0.2, -0.15) is 0 Å². The molecule has 2 heterocycles. The van der Waals surface area contributed by atoms with Crippen LogP contribution < -0.4 is 10.9 Å². The number of para-hydroxylation sites is 1. The fourth-order valence-corrected chi connectivity index (χ4v) is 4.08. The zero-order valence-corrected chi connectivity index (χ0v) is 17.3. The first-order valence-electron chi connectivity index (χ1n) is 9.04. The van der Waals surface area contributed by atoms with E-state index in [-0.39, 0.29) is 17.6 Å². The second kappa shape index (κ2) is 9.38. The summed E-state index contributed by atoms with van der Waals surface area (Å²) >= 11 is 2.55. The number of aromatic nitrogens is 3. The third kappa shape index (κ3) is 4.58. The highest BCUT2D eigenvalue weighted by molar-refractivity contribution is 7.99. The van der Waals surface area contributed by atoms with Gasteiger partial charge < -0.3 is 0 Å². The van der Waals surface area contributed by atoms with E-state index in [2.05, 4.69) is 21.0 Å². The van der Waals surface area contributed by atoms with Crippen molar-refractivity contribution in [2.45, 2.75) is 5.16 Å². The summed E-state index contributed by atoms with van der Waals surface area (Å²) in [6.07, 6.45) is 0. The Balaban J connectivity index is 1.48. The van der Waals surface area contributed by atoms with Crippen LogP contribution in [0, 0.1) is 0 Å². The topological polar surface area (TPSA) is 88.9 Å². The number of hydrogen-bond acceptors (Lipinski definition) is 6.